The summed E-state index contributed by atoms with van der Waals surface area (Å²) >= 11 is 5.52. The quantitative estimate of drug-likeness (QED) is 0.722. The largest absolute Gasteiger partial charge is 0.465 e. The van der Waals surface area contributed by atoms with Crippen molar-refractivity contribution >= 4 is 29.3 Å². The molecule has 0 aromatic heterocycles. The van der Waals surface area contributed by atoms with Gasteiger partial charge < -0.3 is 15.5 Å². The Hall–Kier alpha value is -1.93. The van der Waals surface area contributed by atoms with Crippen LogP contribution in [0.5, 0.6) is 0 Å². The zero-order valence-corrected chi connectivity index (χ0v) is 12.2. The van der Waals surface area contributed by atoms with Crippen LogP contribution in [0.2, 0.25) is 5.02 Å². The van der Waals surface area contributed by atoms with Crippen LogP contribution in [-0.4, -0.2) is 45.3 Å². The Kier molecular flexibility index (Phi) is 4.25. The highest BCUT2D eigenvalue weighted by atomic mass is 35.5. The summed E-state index contributed by atoms with van der Waals surface area (Å²) in [6, 6.07) is 0.218. The van der Waals surface area contributed by atoms with E-state index in [1.807, 2.05) is 0 Å². The van der Waals surface area contributed by atoms with Gasteiger partial charge in [-0.2, -0.15) is 0 Å². The molecule has 1 heterocycles. The Morgan fingerprint density at radius 2 is 2.05 bits per heavy atom. The van der Waals surface area contributed by atoms with Gasteiger partial charge in [0.25, 0.3) is 0 Å². The van der Waals surface area contributed by atoms with Gasteiger partial charge in [0.2, 0.25) is 5.91 Å². The Morgan fingerprint density at radius 3 is 2.64 bits per heavy atom. The number of anilines is 1. The number of amides is 2. The Labute approximate surface area is 129 Å². The van der Waals surface area contributed by atoms with Crippen molar-refractivity contribution in [3.05, 3.63) is 28.8 Å². The summed E-state index contributed by atoms with van der Waals surface area (Å²) in [5.41, 5.74) is -1.73. The summed E-state index contributed by atoms with van der Waals surface area (Å²) < 4.78 is 26.7. The van der Waals surface area contributed by atoms with Crippen LogP contribution in [0, 0.1) is 11.6 Å². The summed E-state index contributed by atoms with van der Waals surface area (Å²) in [6.45, 7) is 1.15. The predicted molar refractivity (Wildman–Crippen MR) is 73.8 cm³/mol. The second-order valence-corrected chi connectivity index (χ2v) is 5.77. The van der Waals surface area contributed by atoms with E-state index in [1.54, 1.807) is 0 Å². The van der Waals surface area contributed by atoms with Gasteiger partial charge in [-0.15, -0.1) is 0 Å². The molecule has 120 valence electrons. The molecular formula is C13H13ClF2N2O4. The molecule has 1 aromatic carbocycles. The number of carbonyl (C=O) groups excluding carboxylic acids is 1. The van der Waals surface area contributed by atoms with E-state index < -0.39 is 35.3 Å². The average molecular weight is 335 g/mol. The van der Waals surface area contributed by atoms with E-state index >= 15 is 0 Å². The fraction of sp³-hybridized carbons (Fsp3) is 0.385. The summed E-state index contributed by atoms with van der Waals surface area (Å²) in [5, 5.41) is 20.7. The lowest BCUT2D eigenvalue weighted by Gasteiger charge is -2.20. The number of nitrogens with one attached hydrogen (secondary N) is 1. The summed E-state index contributed by atoms with van der Waals surface area (Å²) in [4.78, 5) is 24.0. The number of rotatable bonds is 2. The fourth-order valence-corrected chi connectivity index (χ4v) is 2.50. The minimum absolute atomic E-state index is 0.137. The van der Waals surface area contributed by atoms with Gasteiger partial charge in [-0.25, -0.2) is 13.6 Å². The first-order valence-electron chi connectivity index (χ1n) is 6.28. The van der Waals surface area contributed by atoms with Crippen molar-refractivity contribution in [3.63, 3.8) is 0 Å². The van der Waals surface area contributed by atoms with Crippen LogP contribution in [-0.2, 0) is 4.79 Å². The number of carbonyl (C=O) groups is 2. The van der Waals surface area contributed by atoms with Gasteiger partial charge in [0.15, 0.2) is 0 Å². The molecule has 9 heteroatoms. The molecule has 0 radical (unpaired) electrons. The maximum Gasteiger partial charge on any atom is 0.408 e. The third-order valence-electron chi connectivity index (χ3n) is 3.34. The zero-order chi connectivity index (χ0) is 16.7. The Balaban J connectivity index is 2.22. The monoisotopic (exact) mass is 334 g/mol. The maximum absolute atomic E-state index is 13.6. The summed E-state index contributed by atoms with van der Waals surface area (Å²) in [7, 11) is 0. The zero-order valence-electron chi connectivity index (χ0n) is 11.4. The lowest BCUT2D eigenvalue weighted by atomic mass is 10.0. The standard InChI is InChI=1S/C13H13ClF2N2O4/c1-13(22)4-10(18(5-13)12(20)21)11(19)17-9-2-6(14)7(15)3-8(9)16/h2-3,10,22H,4-5H2,1H3,(H,17,19)(H,20,21)/t10-,13-/m0/s1. The fourth-order valence-electron chi connectivity index (χ4n) is 2.34. The molecule has 1 aromatic rings. The molecule has 1 saturated heterocycles. The highest BCUT2D eigenvalue weighted by Gasteiger charge is 2.45. The van der Waals surface area contributed by atoms with Crippen molar-refractivity contribution in [1.82, 2.24) is 4.90 Å². The van der Waals surface area contributed by atoms with Crippen LogP contribution in [0.15, 0.2) is 12.1 Å². The second kappa shape index (κ2) is 5.69. The van der Waals surface area contributed by atoms with E-state index in [9.17, 15) is 23.5 Å². The van der Waals surface area contributed by atoms with Crippen molar-refractivity contribution in [2.75, 3.05) is 11.9 Å². The molecule has 22 heavy (non-hydrogen) atoms. The molecule has 0 bridgehead atoms. The first-order valence-corrected chi connectivity index (χ1v) is 6.66. The third kappa shape index (κ3) is 3.28. The smallest absolute Gasteiger partial charge is 0.408 e. The molecule has 0 saturated carbocycles. The predicted octanol–water partition coefficient (Wildman–Crippen LogP) is 2.06. The van der Waals surface area contributed by atoms with Crippen LogP contribution in [0.25, 0.3) is 0 Å². The molecule has 6 nitrogen and oxygen atoms in total. The molecule has 1 aliphatic rings. The van der Waals surface area contributed by atoms with Gasteiger partial charge in [-0.3, -0.25) is 9.69 Å². The molecule has 2 rings (SSSR count). The maximum atomic E-state index is 13.6. The Morgan fingerprint density at radius 1 is 1.41 bits per heavy atom. The summed E-state index contributed by atoms with van der Waals surface area (Å²) in [6.07, 6.45) is -1.52. The molecule has 0 spiro atoms. The van der Waals surface area contributed by atoms with Crippen LogP contribution >= 0.6 is 11.6 Å². The number of nitrogens with zero attached hydrogens (tertiary/aromatic N) is 1. The van der Waals surface area contributed by atoms with Crippen LogP contribution in [0.4, 0.5) is 19.3 Å². The van der Waals surface area contributed by atoms with Gasteiger partial charge in [0.1, 0.15) is 17.7 Å². The molecule has 0 unspecified atom stereocenters. The average Bonchev–Trinajstić information content (AvgIpc) is 2.72. The lowest BCUT2D eigenvalue weighted by molar-refractivity contribution is -0.120. The minimum atomic E-state index is -1.38. The van der Waals surface area contributed by atoms with Gasteiger partial charge in [-0.1, -0.05) is 11.6 Å². The molecule has 3 N–H and O–H groups in total. The number of hydrogen-bond acceptors (Lipinski definition) is 3. The van der Waals surface area contributed by atoms with Crippen molar-refractivity contribution < 1.29 is 28.6 Å². The normalized spacial score (nSPS) is 24.4. The van der Waals surface area contributed by atoms with Gasteiger partial charge in [0.05, 0.1) is 22.9 Å². The number of likely N-dealkylation sites (tertiary alicyclic amines) is 1. The number of hydrogen-bond donors (Lipinski definition) is 3. The number of aliphatic hydroxyl groups is 1. The number of halogens is 3. The number of β-amino-alcohol motifs (C(OH)–C–C–N with tert-alkyl or cyclic N) is 1. The van der Waals surface area contributed by atoms with E-state index in [-0.39, 0.29) is 23.7 Å². The topological polar surface area (TPSA) is 89.9 Å². The van der Waals surface area contributed by atoms with Crippen molar-refractivity contribution in [2.24, 2.45) is 0 Å². The van der Waals surface area contributed by atoms with Gasteiger partial charge in [0, 0.05) is 12.5 Å². The number of benzene rings is 1. The SMILES string of the molecule is C[C@]1(O)C[C@@H](C(=O)Nc2cc(Cl)c(F)cc2F)N(C(=O)O)C1. The van der Waals surface area contributed by atoms with Crippen LogP contribution in [0.3, 0.4) is 0 Å². The van der Waals surface area contributed by atoms with E-state index in [2.05, 4.69) is 5.32 Å². The molecule has 2 amide bonds. The van der Waals surface area contributed by atoms with Crippen LogP contribution < -0.4 is 5.32 Å². The van der Waals surface area contributed by atoms with E-state index in [4.69, 9.17) is 16.7 Å². The van der Waals surface area contributed by atoms with Crippen molar-refractivity contribution in [2.45, 2.75) is 25.0 Å². The molecule has 1 aliphatic heterocycles. The first kappa shape index (κ1) is 16.4. The van der Waals surface area contributed by atoms with Crippen molar-refractivity contribution in [3.8, 4) is 0 Å². The molecule has 2 atom stereocenters. The van der Waals surface area contributed by atoms with E-state index in [0.717, 1.165) is 11.0 Å². The first-order chi connectivity index (χ1) is 10.1. The molecular weight excluding hydrogens is 322 g/mol. The van der Waals surface area contributed by atoms with Gasteiger partial charge in [-0.05, 0) is 13.0 Å². The van der Waals surface area contributed by atoms with Crippen LogP contribution in [0.1, 0.15) is 13.3 Å². The Bertz CT molecular complexity index is 639. The molecule has 1 fully saturated rings. The lowest BCUT2D eigenvalue weighted by Crippen LogP contribution is -2.42. The van der Waals surface area contributed by atoms with E-state index in [1.165, 1.54) is 6.92 Å². The highest BCUT2D eigenvalue weighted by Crippen LogP contribution is 2.29. The third-order valence-corrected chi connectivity index (χ3v) is 3.63. The van der Waals surface area contributed by atoms with Crippen molar-refractivity contribution in [1.29, 1.82) is 0 Å². The van der Waals surface area contributed by atoms with E-state index in [0.29, 0.717) is 6.07 Å². The summed E-state index contributed by atoms with van der Waals surface area (Å²) in [5.74, 6) is -2.85. The highest BCUT2D eigenvalue weighted by molar-refractivity contribution is 6.31. The number of carboxylic acid groups (broad SMARTS) is 1. The second-order valence-electron chi connectivity index (χ2n) is 5.36. The molecule has 0 aliphatic carbocycles. The minimum Gasteiger partial charge on any atom is -0.465 e. The van der Waals surface area contributed by atoms with Gasteiger partial charge >= 0.3 is 6.09 Å².